The van der Waals surface area contributed by atoms with Gasteiger partial charge in [-0.1, -0.05) is 12.1 Å². The van der Waals surface area contributed by atoms with E-state index in [1.165, 1.54) is 24.3 Å². The second-order valence-electron chi connectivity index (χ2n) is 4.86. The minimum absolute atomic E-state index is 0.121. The van der Waals surface area contributed by atoms with Crippen LogP contribution in [-0.4, -0.2) is 26.6 Å². The Kier molecular flexibility index (Phi) is 3.93. The quantitative estimate of drug-likeness (QED) is 0.510. The molecule has 1 aliphatic rings. The van der Waals surface area contributed by atoms with E-state index >= 15 is 0 Å². The monoisotopic (exact) mass is 304 g/mol. The molecule has 23 heavy (non-hydrogen) atoms. The molecule has 0 saturated carbocycles. The first-order valence-electron chi connectivity index (χ1n) is 6.91. The van der Waals surface area contributed by atoms with E-state index in [1.54, 1.807) is 18.2 Å². The first-order chi connectivity index (χ1) is 11.1. The number of phenolic OH excluding ortho intramolecular Hbond substituents is 1. The van der Waals surface area contributed by atoms with Crippen molar-refractivity contribution >= 4 is 33.6 Å². The number of carbonyl (C=O) groups is 2. The molecule has 0 radical (unpaired) electrons. The number of phenols is 1. The third-order valence-electron chi connectivity index (χ3n) is 3.15. The van der Waals surface area contributed by atoms with Gasteiger partial charge in [0.15, 0.2) is 11.6 Å². The van der Waals surface area contributed by atoms with Gasteiger partial charge in [0.1, 0.15) is 5.75 Å². The van der Waals surface area contributed by atoms with E-state index in [9.17, 15) is 14.7 Å². The van der Waals surface area contributed by atoms with Gasteiger partial charge >= 0.3 is 0 Å². The lowest BCUT2D eigenvalue weighted by molar-refractivity contribution is -0.113. The summed E-state index contributed by atoms with van der Waals surface area (Å²) in [5.41, 5.74) is 3.23. The van der Waals surface area contributed by atoms with Crippen molar-refractivity contribution in [2.45, 2.75) is 0 Å². The van der Waals surface area contributed by atoms with Crippen molar-refractivity contribution in [3.63, 3.8) is 0 Å². The number of nitrogens with zero attached hydrogens (tertiary/aromatic N) is 2. The zero-order valence-electron chi connectivity index (χ0n) is 12.0. The minimum Gasteiger partial charge on any atom is -0.508 e. The number of carbonyl (C=O) groups excluding carboxylic acids is 2. The van der Waals surface area contributed by atoms with E-state index in [0.717, 1.165) is 16.6 Å². The standard InChI is InChI=1S/C12H8N2O.C6H4O2/c15-8-5-6-11-12(7-8)14-10-4-2-1-3-9(10)13-11;7-5-1-2-6(8)4-3-5/h1-7,15H;1-4H. The van der Waals surface area contributed by atoms with Gasteiger partial charge in [-0.15, -0.1) is 0 Å². The van der Waals surface area contributed by atoms with Crippen LogP contribution in [0.15, 0.2) is 66.8 Å². The van der Waals surface area contributed by atoms with Gasteiger partial charge in [0.05, 0.1) is 22.1 Å². The van der Waals surface area contributed by atoms with Crippen molar-refractivity contribution in [1.82, 2.24) is 9.97 Å². The number of fused-ring (bicyclic) bond motifs is 2. The van der Waals surface area contributed by atoms with Crippen molar-refractivity contribution in [2.24, 2.45) is 0 Å². The highest BCUT2D eigenvalue weighted by atomic mass is 16.3. The Bertz CT molecular complexity index is 936. The summed E-state index contributed by atoms with van der Waals surface area (Å²) >= 11 is 0. The molecule has 0 aliphatic heterocycles. The van der Waals surface area contributed by atoms with Gasteiger partial charge in [-0.25, -0.2) is 9.97 Å². The van der Waals surface area contributed by atoms with Crippen LogP contribution in [0, 0.1) is 0 Å². The van der Waals surface area contributed by atoms with Crippen LogP contribution < -0.4 is 0 Å². The Morgan fingerprint density at radius 3 is 1.70 bits per heavy atom. The number of ketones is 2. The number of hydrogen-bond acceptors (Lipinski definition) is 5. The summed E-state index contributed by atoms with van der Waals surface area (Å²) in [6.07, 6.45) is 5.01. The topological polar surface area (TPSA) is 80.2 Å². The predicted octanol–water partition coefficient (Wildman–Crippen LogP) is 2.74. The molecule has 5 nitrogen and oxygen atoms in total. The second kappa shape index (κ2) is 6.19. The van der Waals surface area contributed by atoms with Crippen LogP contribution in [0.5, 0.6) is 5.75 Å². The molecule has 1 heterocycles. The summed E-state index contributed by atoms with van der Waals surface area (Å²) in [6, 6.07) is 12.7. The number of aromatic nitrogens is 2. The van der Waals surface area contributed by atoms with E-state index in [4.69, 9.17) is 0 Å². The number of benzene rings is 2. The highest BCUT2D eigenvalue weighted by Gasteiger charge is 2.01. The molecule has 112 valence electrons. The van der Waals surface area contributed by atoms with E-state index in [1.807, 2.05) is 24.3 Å². The molecule has 3 aromatic rings. The number of para-hydroxylation sites is 2. The van der Waals surface area contributed by atoms with Crippen molar-refractivity contribution in [3.8, 4) is 5.75 Å². The van der Waals surface area contributed by atoms with Gasteiger partial charge < -0.3 is 5.11 Å². The Balaban J connectivity index is 0.000000166. The molecule has 5 heteroatoms. The molecule has 0 atom stereocenters. The first-order valence-corrected chi connectivity index (χ1v) is 6.91. The number of rotatable bonds is 0. The average Bonchev–Trinajstić information content (AvgIpc) is 2.56. The zero-order chi connectivity index (χ0) is 16.2. The molecule has 0 unspecified atom stereocenters. The molecule has 1 N–H and O–H groups in total. The summed E-state index contributed by atoms with van der Waals surface area (Å²) in [5, 5.41) is 9.33. The summed E-state index contributed by atoms with van der Waals surface area (Å²) < 4.78 is 0. The summed E-state index contributed by atoms with van der Waals surface area (Å²) in [5.74, 6) is -0.0266. The van der Waals surface area contributed by atoms with E-state index in [0.29, 0.717) is 5.52 Å². The van der Waals surface area contributed by atoms with E-state index < -0.39 is 0 Å². The summed E-state index contributed by atoms with van der Waals surface area (Å²) in [7, 11) is 0. The lowest BCUT2D eigenvalue weighted by atomic mass is 10.2. The molecule has 0 spiro atoms. The Morgan fingerprint density at radius 2 is 1.13 bits per heavy atom. The van der Waals surface area contributed by atoms with Gasteiger partial charge in [-0.3, -0.25) is 9.59 Å². The van der Waals surface area contributed by atoms with Crippen LogP contribution >= 0.6 is 0 Å². The van der Waals surface area contributed by atoms with Crippen molar-refractivity contribution in [1.29, 1.82) is 0 Å². The lowest BCUT2D eigenvalue weighted by Gasteiger charge is -2.00. The zero-order valence-corrected chi connectivity index (χ0v) is 12.0. The largest absolute Gasteiger partial charge is 0.508 e. The Labute approximate surface area is 131 Å². The van der Waals surface area contributed by atoms with E-state index in [2.05, 4.69) is 9.97 Å². The maximum absolute atomic E-state index is 10.3. The fraction of sp³-hybridized carbons (Fsp3) is 0. The molecule has 0 amide bonds. The molecular weight excluding hydrogens is 292 g/mol. The molecule has 0 saturated heterocycles. The van der Waals surface area contributed by atoms with Crippen LogP contribution in [-0.2, 0) is 9.59 Å². The molecule has 4 rings (SSSR count). The highest BCUT2D eigenvalue weighted by Crippen LogP contribution is 2.19. The molecular formula is C18H12N2O3. The fourth-order valence-electron chi connectivity index (χ4n) is 2.05. The normalized spacial score (nSPS) is 13.2. The first kappa shape index (κ1) is 14.6. The molecule has 1 aromatic heterocycles. The molecule has 0 bridgehead atoms. The van der Waals surface area contributed by atoms with Crippen LogP contribution in [0.25, 0.3) is 22.1 Å². The van der Waals surface area contributed by atoms with E-state index in [-0.39, 0.29) is 17.3 Å². The molecule has 1 aliphatic carbocycles. The van der Waals surface area contributed by atoms with Gasteiger partial charge in [0.2, 0.25) is 0 Å². The third-order valence-corrected chi connectivity index (χ3v) is 3.15. The Morgan fingerprint density at radius 1 is 0.652 bits per heavy atom. The van der Waals surface area contributed by atoms with Crippen molar-refractivity contribution in [2.75, 3.05) is 0 Å². The maximum atomic E-state index is 10.3. The van der Waals surface area contributed by atoms with Crippen molar-refractivity contribution in [3.05, 3.63) is 66.8 Å². The third kappa shape index (κ3) is 3.47. The van der Waals surface area contributed by atoms with Crippen LogP contribution in [0.1, 0.15) is 0 Å². The number of aromatic hydroxyl groups is 1. The predicted molar refractivity (Wildman–Crippen MR) is 87.0 cm³/mol. The van der Waals surface area contributed by atoms with Crippen LogP contribution in [0.2, 0.25) is 0 Å². The SMILES string of the molecule is O=C1C=CC(=O)C=C1.Oc1ccc2nc3ccccc3nc2c1. The minimum atomic E-state index is -0.121. The molecule has 0 fully saturated rings. The smallest absolute Gasteiger partial charge is 0.178 e. The highest BCUT2D eigenvalue weighted by molar-refractivity contribution is 6.14. The van der Waals surface area contributed by atoms with Gasteiger partial charge in [-0.2, -0.15) is 0 Å². The van der Waals surface area contributed by atoms with Crippen LogP contribution in [0.3, 0.4) is 0 Å². The molecule has 2 aromatic carbocycles. The summed E-state index contributed by atoms with van der Waals surface area (Å²) in [6.45, 7) is 0. The maximum Gasteiger partial charge on any atom is 0.178 e. The van der Waals surface area contributed by atoms with Gasteiger partial charge in [-0.05, 0) is 48.6 Å². The summed E-state index contributed by atoms with van der Waals surface area (Å²) in [4.78, 5) is 29.4. The fourth-order valence-corrected chi connectivity index (χ4v) is 2.05. The lowest BCUT2D eigenvalue weighted by Crippen LogP contribution is -1.97. The van der Waals surface area contributed by atoms with Gasteiger partial charge in [0, 0.05) is 6.07 Å². The van der Waals surface area contributed by atoms with Crippen molar-refractivity contribution < 1.29 is 14.7 Å². The average molecular weight is 304 g/mol. The number of allylic oxidation sites excluding steroid dienone is 4. The number of hydrogen-bond donors (Lipinski definition) is 1. The van der Waals surface area contributed by atoms with Crippen LogP contribution in [0.4, 0.5) is 0 Å². The Hall–Kier alpha value is -3.34. The second-order valence-corrected chi connectivity index (χ2v) is 4.86. The van der Waals surface area contributed by atoms with Gasteiger partial charge in [0.25, 0.3) is 0 Å².